The number of rotatable bonds is 4. The first-order valence-electron chi connectivity index (χ1n) is 6.67. The predicted molar refractivity (Wildman–Crippen MR) is 74.2 cm³/mol. The van der Waals surface area contributed by atoms with Gasteiger partial charge in [0.2, 0.25) is 5.91 Å². The van der Waals surface area contributed by atoms with Crippen LogP contribution in [0, 0.1) is 0 Å². The van der Waals surface area contributed by atoms with Crippen molar-refractivity contribution in [3.05, 3.63) is 10.5 Å². The Hall–Kier alpha value is -1.24. The average molecular weight is 284 g/mol. The summed E-state index contributed by atoms with van der Waals surface area (Å²) in [5.41, 5.74) is -0.251. The summed E-state index contributed by atoms with van der Waals surface area (Å²) in [6.07, 6.45) is 4.42. The van der Waals surface area contributed by atoms with Gasteiger partial charge in [0.15, 0.2) is 5.16 Å². The molecule has 2 heterocycles. The van der Waals surface area contributed by atoms with Gasteiger partial charge in [-0.1, -0.05) is 18.7 Å². The molecule has 0 saturated carbocycles. The maximum absolute atomic E-state index is 12.2. The molecule has 0 unspecified atom stereocenters. The zero-order valence-electron chi connectivity index (χ0n) is 11.4. The zero-order chi connectivity index (χ0) is 13.8. The fourth-order valence-corrected chi connectivity index (χ4v) is 3.23. The lowest BCUT2D eigenvalue weighted by atomic mass is 10.0. The van der Waals surface area contributed by atoms with Crippen LogP contribution in [0.4, 0.5) is 0 Å². The maximum Gasteiger partial charge on any atom is 0.343 e. The molecule has 1 aliphatic heterocycles. The third-order valence-electron chi connectivity index (χ3n) is 3.58. The first-order valence-corrected chi connectivity index (χ1v) is 7.65. The van der Waals surface area contributed by atoms with E-state index in [1.54, 1.807) is 7.05 Å². The van der Waals surface area contributed by atoms with E-state index in [-0.39, 0.29) is 11.6 Å². The van der Waals surface area contributed by atoms with Crippen LogP contribution >= 0.6 is 11.8 Å². The molecule has 0 radical (unpaired) electrons. The van der Waals surface area contributed by atoms with E-state index in [4.69, 9.17) is 0 Å². The number of nitrogens with one attached hydrogen (secondary N) is 1. The first kappa shape index (κ1) is 14.2. The minimum atomic E-state index is -0.251. The number of likely N-dealkylation sites (tertiary alicyclic amines) is 1. The van der Waals surface area contributed by atoms with Crippen molar-refractivity contribution >= 4 is 17.7 Å². The highest BCUT2D eigenvalue weighted by molar-refractivity contribution is 7.99. The molecule has 1 aromatic rings. The third-order valence-corrected chi connectivity index (χ3v) is 4.60. The standard InChI is InChI=1S/C12H20N4O2S/c1-3-9-6-4-5-7-16(9)10(17)8-19-12-14-13-11(18)15(12)2/h9H,3-8H2,1-2H3,(H,13,18)/t9-/m0/s1. The van der Waals surface area contributed by atoms with Gasteiger partial charge in [-0.05, 0) is 25.7 Å². The van der Waals surface area contributed by atoms with Crippen LogP contribution in [0.15, 0.2) is 9.95 Å². The Morgan fingerprint density at radius 1 is 1.53 bits per heavy atom. The van der Waals surface area contributed by atoms with E-state index in [0.717, 1.165) is 25.8 Å². The van der Waals surface area contributed by atoms with E-state index in [1.807, 2.05) is 4.90 Å². The highest BCUT2D eigenvalue weighted by Gasteiger charge is 2.25. The van der Waals surface area contributed by atoms with E-state index in [1.165, 1.54) is 22.7 Å². The van der Waals surface area contributed by atoms with E-state index < -0.39 is 0 Å². The molecule has 1 amide bonds. The number of aromatic nitrogens is 3. The minimum Gasteiger partial charge on any atom is -0.339 e. The number of amides is 1. The van der Waals surface area contributed by atoms with E-state index >= 15 is 0 Å². The van der Waals surface area contributed by atoms with Gasteiger partial charge in [0.05, 0.1) is 5.75 Å². The number of carbonyl (C=O) groups excluding carboxylic acids is 1. The van der Waals surface area contributed by atoms with Crippen LogP contribution in [0.1, 0.15) is 32.6 Å². The quantitative estimate of drug-likeness (QED) is 0.837. The number of aromatic amines is 1. The molecule has 19 heavy (non-hydrogen) atoms. The lowest BCUT2D eigenvalue weighted by Crippen LogP contribution is -2.44. The summed E-state index contributed by atoms with van der Waals surface area (Å²) in [6.45, 7) is 2.98. The summed E-state index contributed by atoms with van der Waals surface area (Å²) in [5, 5.41) is 6.82. The summed E-state index contributed by atoms with van der Waals surface area (Å²) in [6, 6.07) is 0.379. The first-order chi connectivity index (χ1) is 9.13. The normalized spacial score (nSPS) is 19.7. The smallest absolute Gasteiger partial charge is 0.339 e. The van der Waals surface area contributed by atoms with Crippen molar-refractivity contribution in [2.24, 2.45) is 7.05 Å². The number of nitrogens with zero attached hydrogens (tertiary/aromatic N) is 3. The lowest BCUT2D eigenvalue weighted by Gasteiger charge is -2.35. The van der Waals surface area contributed by atoms with Crippen molar-refractivity contribution in [3.8, 4) is 0 Å². The third kappa shape index (κ3) is 3.20. The Labute approximate surface area is 116 Å². The highest BCUT2D eigenvalue weighted by atomic mass is 32.2. The van der Waals surface area contributed by atoms with Gasteiger partial charge in [-0.15, -0.1) is 5.10 Å². The Morgan fingerprint density at radius 3 is 2.95 bits per heavy atom. The van der Waals surface area contributed by atoms with Gasteiger partial charge in [-0.25, -0.2) is 9.89 Å². The highest BCUT2D eigenvalue weighted by Crippen LogP contribution is 2.21. The molecule has 1 aromatic heterocycles. The van der Waals surface area contributed by atoms with E-state index in [2.05, 4.69) is 17.1 Å². The van der Waals surface area contributed by atoms with Gasteiger partial charge in [0.1, 0.15) is 0 Å². The fourth-order valence-electron chi connectivity index (χ4n) is 2.42. The Kier molecular flexibility index (Phi) is 4.68. The number of hydrogen-bond acceptors (Lipinski definition) is 4. The molecule has 1 N–H and O–H groups in total. The number of piperidine rings is 1. The Balaban J connectivity index is 1.93. The zero-order valence-corrected chi connectivity index (χ0v) is 12.2. The molecule has 1 saturated heterocycles. The second-order valence-electron chi connectivity index (χ2n) is 4.80. The van der Waals surface area contributed by atoms with Gasteiger partial charge < -0.3 is 4.90 Å². The summed E-state index contributed by atoms with van der Waals surface area (Å²) in [4.78, 5) is 25.4. The minimum absolute atomic E-state index is 0.145. The fraction of sp³-hybridized carbons (Fsp3) is 0.750. The molecule has 1 aliphatic rings. The second-order valence-corrected chi connectivity index (χ2v) is 5.75. The molecule has 0 bridgehead atoms. The van der Waals surface area contributed by atoms with Crippen molar-refractivity contribution in [3.63, 3.8) is 0 Å². The average Bonchev–Trinajstić information content (AvgIpc) is 2.76. The molecule has 0 spiro atoms. The molecule has 0 aromatic carbocycles. The maximum atomic E-state index is 12.2. The number of thioether (sulfide) groups is 1. The van der Waals surface area contributed by atoms with Crippen molar-refractivity contribution in [2.75, 3.05) is 12.3 Å². The molecule has 7 heteroatoms. The van der Waals surface area contributed by atoms with Gasteiger partial charge >= 0.3 is 5.69 Å². The Bertz CT molecular complexity index is 496. The van der Waals surface area contributed by atoms with Crippen molar-refractivity contribution < 1.29 is 4.79 Å². The van der Waals surface area contributed by atoms with Crippen LogP contribution in [-0.2, 0) is 11.8 Å². The van der Waals surface area contributed by atoms with Crippen LogP contribution in [0.25, 0.3) is 0 Å². The van der Waals surface area contributed by atoms with Gasteiger partial charge in [-0.2, -0.15) is 0 Å². The van der Waals surface area contributed by atoms with E-state index in [0.29, 0.717) is 17.0 Å². The SMILES string of the molecule is CC[C@H]1CCCCN1C(=O)CSc1n[nH]c(=O)n1C. The molecular formula is C12H20N4O2S. The van der Waals surface area contributed by atoms with Gasteiger partial charge in [-0.3, -0.25) is 9.36 Å². The molecule has 0 aliphatic carbocycles. The second kappa shape index (κ2) is 6.27. The number of H-pyrrole nitrogens is 1. The van der Waals surface area contributed by atoms with Crippen molar-refractivity contribution in [1.82, 2.24) is 19.7 Å². The van der Waals surface area contributed by atoms with Crippen LogP contribution < -0.4 is 5.69 Å². The lowest BCUT2D eigenvalue weighted by molar-refractivity contribution is -0.132. The largest absolute Gasteiger partial charge is 0.343 e. The summed E-state index contributed by atoms with van der Waals surface area (Å²) in [5.74, 6) is 0.487. The molecule has 1 fully saturated rings. The van der Waals surface area contributed by atoms with Crippen LogP contribution in [-0.4, -0.2) is 43.9 Å². The monoisotopic (exact) mass is 284 g/mol. The van der Waals surface area contributed by atoms with Crippen LogP contribution in [0.3, 0.4) is 0 Å². The van der Waals surface area contributed by atoms with Crippen LogP contribution in [0.5, 0.6) is 0 Å². The van der Waals surface area contributed by atoms with Gasteiger partial charge in [0.25, 0.3) is 0 Å². The summed E-state index contributed by atoms with van der Waals surface area (Å²) >= 11 is 1.31. The molecule has 106 valence electrons. The number of hydrogen-bond donors (Lipinski definition) is 1. The van der Waals surface area contributed by atoms with E-state index in [9.17, 15) is 9.59 Å². The van der Waals surface area contributed by atoms with Crippen LogP contribution in [0.2, 0.25) is 0 Å². The predicted octanol–water partition coefficient (Wildman–Crippen LogP) is 0.992. The van der Waals surface area contributed by atoms with Gasteiger partial charge in [0, 0.05) is 19.6 Å². The molecule has 2 rings (SSSR count). The molecule has 6 nitrogen and oxygen atoms in total. The topological polar surface area (TPSA) is 71.0 Å². The molecular weight excluding hydrogens is 264 g/mol. The summed E-state index contributed by atoms with van der Waals surface area (Å²) in [7, 11) is 1.65. The summed E-state index contributed by atoms with van der Waals surface area (Å²) < 4.78 is 1.42. The Morgan fingerprint density at radius 2 is 2.32 bits per heavy atom. The number of carbonyl (C=O) groups is 1. The molecule has 1 atom stereocenters. The van der Waals surface area contributed by atoms with Crippen molar-refractivity contribution in [2.45, 2.75) is 43.8 Å². The van der Waals surface area contributed by atoms with Crippen molar-refractivity contribution in [1.29, 1.82) is 0 Å².